The Morgan fingerprint density at radius 2 is 1.26 bits per heavy atom. The number of nitrogens with zero attached hydrogens (tertiary/aromatic N) is 2. The van der Waals surface area contributed by atoms with Crippen molar-refractivity contribution in [2.24, 2.45) is 17.1 Å². The minimum Gasteiger partial charge on any atom is -0.260 e. The normalized spacial score (nSPS) is 14.1. The summed E-state index contributed by atoms with van der Waals surface area (Å²) in [5.41, 5.74) is 0. The molecule has 0 spiro atoms. The van der Waals surface area contributed by atoms with Gasteiger partial charge in [-0.05, 0) is 24.7 Å². The number of hydrogen-bond acceptors (Lipinski definition) is 2. The molecule has 0 fully saturated rings. The molecule has 3 heteroatoms. The average Bonchev–Trinajstić information content (AvgIpc) is 2.45. The van der Waals surface area contributed by atoms with Crippen LogP contribution in [0.15, 0.2) is 5.29 Å². The Morgan fingerprint density at radius 3 is 1.53 bits per heavy atom. The molecular weight excluding hydrogens is 236 g/mol. The highest BCUT2D eigenvalue weighted by atomic mass is 16.3. The summed E-state index contributed by atoms with van der Waals surface area (Å²) in [6.45, 7) is 10.6. The molecule has 0 saturated carbocycles. The Labute approximate surface area is 120 Å². The summed E-state index contributed by atoms with van der Waals surface area (Å²) < 4.78 is 0. The maximum atomic E-state index is 11.0. The van der Waals surface area contributed by atoms with Gasteiger partial charge in [0, 0.05) is 13.1 Å². The summed E-state index contributed by atoms with van der Waals surface area (Å²) >= 11 is 0. The standard InChI is InChI=1S/C16H34N2O/c1-5-9-11-15(7-3)13-18(17-19)14-16(8-4)12-10-6-2/h15-16H,5-14H2,1-4H3/t15-,16+. The van der Waals surface area contributed by atoms with Gasteiger partial charge in [0.15, 0.2) is 0 Å². The van der Waals surface area contributed by atoms with E-state index in [9.17, 15) is 4.91 Å². The van der Waals surface area contributed by atoms with E-state index in [0.29, 0.717) is 11.8 Å². The van der Waals surface area contributed by atoms with E-state index in [1.54, 1.807) is 5.01 Å². The fourth-order valence-corrected chi connectivity index (χ4v) is 2.57. The van der Waals surface area contributed by atoms with Crippen molar-refractivity contribution in [1.82, 2.24) is 5.01 Å². The van der Waals surface area contributed by atoms with Gasteiger partial charge in [0.25, 0.3) is 0 Å². The average molecular weight is 270 g/mol. The second kappa shape index (κ2) is 12.4. The van der Waals surface area contributed by atoms with Gasteiger partial charge in [-0.3, -0.25) is 5.01 Å². The van der Waals surface area contributed by atoms with Crippen LogP contribution in [0.3, 0.4) is 0 Å². The molecule has 114 valence electrons. The molecule has 3 nitrogen and oxygen atoms in total. The van der Waals surface area contributed by atoms with Crippen molar-refractivity contribution in [2.75, 3.05) is 13.1 Å². The first-order valence-electron chi connectivity index (χ1n) is 8.29. The summed E-state index contributed by atoms with van der Waals surface area (Å²) in [4.78, 5) is 11.0. The molecule has 0 radical (unpaired) electrons. The van der Waals surface area contributed by atoms with Crippen molar-refractivity contribution >= 4 is 0 Å². The number of unbranched alkanes of at least 4 members (excludes halogenated alkanes) is 2. The van der Waals surface area contributed by atoms with Gasteiger partial charge >= 0.3 is 0 Å². The summed E-state index contributed by atoms with van der Waals surface area (Å²) in [5, 5.41) is 5.05. The Kier molecular flexibility index (Phi) is 12.0. The Hall–Kier alpha value is -0.600. The third-order valence-electron chi connectivity index (χ3n) is 4.14. The predicted molar refractivity (Wildman–Crippen MR) is 84.0 cm³/mol. The van der Waals surface area contributed by atoms with E-state index in [1.807, 2.05) is 0 Å². The van der Waals surface area contributed by atoms with Crippen LogP contribution in [0, 0.1) is 16.7 Å². The number of nitroso groups, excluding NO2 is 1. The number of hydrogen-bond donors (Lipinski definition) is 0. The molecule has 0 aliphatic rings. The lowest BCUT2D eigenvalue weighted by molar-refractivity contribution is 0.185. The van der Waals surface area contributed by atoms with Crippen LogP contribution >= 0.6 is 0 Å². The van der Waals surface area contributed by atoms with Gasteiger partial charge in [0.05, 0.1) is 5.29 Å². The largest absolute Gasteiger partial charge is 0.260 e. The first-order chi connectivity index (χ1) is 9.21. The molecule has 0 saturated heterocycles. The monoisotopic (exact) mass is 270 g/mol. The summed E-state index contributed by atoms with van der Waals surface area (Å²) in [7, 11) is 0. The van der Waals surface area contributed by atoms with Crippen LogP contribution in [0.1, 0.15) is 79.1 Å². The predicted octanol–water partition coefficient (Wildman–Crippen LogP) is 5.40. The van der Waals surface area contributed by atoms with E-state index in [-0.39, 0.29) is 0 Å². The Balaban J connectivity index is 4.18. The van der Waals surface area contributed by atoms with Crippen molar-refractivity contribution in [1.29, 1.82) is 0 Å². The maximum Gasteiger partial charge on any atom is 0.0524 e. The van der Waals surface area contributed by atoms with Gasteiger partial charge in [-0.15, -0.1) is 4.91 Å². The molecule has 19 heavy (non-hydrogen) atoms. The molecule has 0 aromatic carbocycles. The van der Waals surface area contributed by atoms with E-state index in [2.05, 4.69) is 33.0 Å². The molecule has 0 rings (SSSR count). The van der Waals surface area contributed by atoms with Crippen LogP contribution in [0.4, 0.5) is 0 Å². The lowest BCUT2D eigenvalue weighted by atomic mass is 9.96. The van der Waals surface area contributed by atoms with Crippen LogP contribution in [0.25, 0.3) is 0 Å². The lowest BCUT2D eigenvalue weighted by Crippen LogP contribution is -2.29. The SMILES string of the molecule is CCCC[C@@H](CC)CN(C[C@@H](CC)CCCC)N=O. The molecule has 2 atom stereocenters. The quantitative estimate of drug-likeness (QED) is 0.331. The second-order valence-corrected chi connectivity index (χ2v) is 5.79. The van der Waals surface area contributed by atoms with Gasteiger partial charge in [-0.1, -0.05) is 66.2 Å². The van der Waals surface area contributed by atoms with Gasteiger partial charge in [0.2, 0.25) is 0 Å². The third kappa shape index (κ3) is 9.01. The van der Waals surface area contributed by atoms with Crippen molar-refractivity contribution in [3.8, 4) is 0 Å². The lowest BCUT2D eigenvalue weighted by Gasteiger charge is -2.25. The van der Waals surface area contributed by atoms with Crippen LogP contribution in [-0.2, 0) is 0 Å². The van der Waals surface area contributed by atoms with Crippen LogP contribution in [0.5, 0.6) is 0 Å². The molecular formula is C16H34N2O. The fourth-order valence-electron chi connectivity index (χ4n) is 2.57. The molecule has 0 aromatic heterocycles. The minimum atomic E-state index is 0.626. The van der Waals surface area contributed by atoms with Crippen molar-refractivity contribution in [2.45, 2.75) is 79.1 Å². The topological polar surface area (TPSA) is 32.7 Å². The molecule has 0 bridgehead atoms. The smallest absolute Gasteiger partial charge is 0.0524 e. The van der Waals surface area contributed by atoms with Crippen molar-refractivity contribution in [3.05, 3.63) is 4.91 Å². The van der Waals surface area contributed by atoms with Crippen LogP contribution in [0.2, 0.25) is 0 Å². The van der Waals surface area contributed by atoms with Crippen molar-refractivity contribution in [3.63, 3.8) is 0 Å². The van der Waals surface area contributed by atoms with E-state index >= 15 is 0 Å². The van der Waals surface area contributed by atoms with Crippen LogP contribution in [-0.4, -0.2) is 18.1 Å². The highest BCUT2D eigenvalue weighted by Gasteiger charge is 2.16. The highest BCUT2D eigenvalue weighted by molar-refractivity contribution is 4.67. The van der Waals surface area contributed by atoms with Gasteiger partial charge in [-0.2, -0.15) is 0 Å². The first-order valence-corrected chi connectivity index (χ1v) is 8.29. The van der Waals surface area contributed by atoms with E-state index in [1.165, 1.54) is 38.5 Å². The minimum absolute atomic E-state index is 0.626. The zero-order valence-corrected chi connectivity index (χ0v) is 13.5. The van der Waals surface area contributed by atoms with E-state index in [0.717, 1.165) is 25.9 Å². The molecule has 0 N–H and O–H groups in total. The van der Waals surface area contributed by atoms with E-state index in [4.69, 9.17) is 0 Å². The number of rotatable bonds is 13. The molecule has 0 aromatic rings. The Morgan fingerprint density at radius 1 is 0.842 bits per heavy atom. The third-order valence-corrected chi connectivity index (χ3v) is 4.14. The zero-order valence-electron chi connectivity index (χ0n) is 13.5. The molecule has 0 heterocycles. The summed E-state index contributed by atoms with van der Waals surface area (Å²) in [5.74, 6) is 1.25. The molecule has 0 aliphatic heterocycles. The molecule has 0 amide bonds. The van der Waals surface area contributed by atoms with Gasteiger partial charge in [0.1, 0.15) is 0 Å². The summed E-state index contributed by atoms with van der Waals surface area (Å²) in [6.07, 6.45) is 9.75. The fraction of sp³-hybridized carbons (Fsp3) is 1.00. The zero-order chi connectivity index (χ0) is 14.5. The van der Waals surface area contributed by atoms with Crippen molar-refractivity contribution < 1.29 is 0 Å². The highest BCUT2D eigenvalue weighted by Crippen LogP contribution is 2.18. The maximum absolute atomic E-state index is 11.0. The second-order valence-electron chi connectivity index (χ2n) is 5.79. The first kappa shape index (κ1) is 18.4. The van der Waals surface area contributed by atoms with Gasteiger partial charge in [-0.25, -0.2) is 0 Å². The summed E-state index contributed by atoms with van der Waals surface area (Å²) in [6, 6.07) is 0. The van der Waals surface area contributed by atoms with E-state index < -0.39 is 0 Å². The molecule has 0 aliphatic carbocycles. The Bertz CT molecular complexity index is 191. The molecule has 0 unspecified atom stereocenters. The van der Waals surface area contributed by atoms with Gasteiger partial charge < -0.3 is 0 Å². The van der Waals surface area contributed by atoms with Crippen LogP contribution < -0.4 is 0 Å².